The lowest BCUT2D eigenvalue weighted by Crippen LogP contribution is -2.13. The fraction of sp³-hybridized carbons (Fsp3) is 0.0769. The number of hydrogen-bond acceptors (Lipinski definition) is 2. The lowest BCUT2D eigenvalue weighted by atomic mass is 10.2. The van der Waals surface area contributed by atoms with Crippen LogP contribution in [0, 0.1) is 16.3 Å². The fourth-order valence-electron chi connectivity index (χ4n) is 1.52. The van der Waals surface area contributed by atoms with E-state index in [0.29, 0.717) is 11.3 Å². The highest BCUT2D eigenvalue weighted by Crippen LogP contribution is 2.19. The summed E-state index contributed by atoms with van der Waals surface area (Å²) in [4.78, 5) is 0.0463. The third-order valence-corrected chi connectivity index (χ3v) is 4.63. The maximum absolute atomic E-state index is 13.1. The summed E-state index contributed by atoms with van der Waals surface area (Å²) in [6.07, 6.45) is 0. The van der Waals surface area contributed by atoms with Crippen molar-refractivity contribution in [2.24, 2.45) is 0 Å². The van der Waals surface area contributed by atoms with Crippen molar-refractivity contribution < 1.29 is 12.8 Å². The second-order valence-corrected chi connectivity index (χ2v) is 6.95. The summed E-state index contributed by atoms with van der Waals surface area (Å²) in [5.41, 5.74) is 0.771. The molecule has 0 aliphatic heterocycles. The van der Waals surface area contributed by atoms with Crippen molar-refractivity contribution >= 4 is 38.3 Å². The minimum atomic E-state index is -3.68. The Balaban J connectivity index is 2.32. The van der Waals surface area contributed by atoms with Crippen LogP contribution in [0.25, 0.3) is 0 Å². The van der Waals surface area contributed by atoms with Crippen LogP contribution in [0.15, 0.2) is 47.4 Å². The van der Waals surface area contributed by atoms with E-state index < -0.39 is 15.8 Å². The van der Waals surface area contributed by atoms with E-state index in [0.717, 1.165) is 9.64 Å². The van der Waals surface area contributed by atoms with Gasteiger partial charge < -0.3 is 0 Å². The van der Waals surface area contributed by atoms with Gasteiger partial charge in [0.2, 0.25) is 0 Å². The van der Waals surface area contributed by atoms with Crippen LogP contribution in [0.5, 0.6) is 0 Å². The van der Waals surface area contributed by atoms with Crippen LogP contribution in [0.1, 0.15) is 5.56 Å². The zero-order chi connectivity index (χ0) is 14.0. The van der Waals surface area contributed by atoms with Gasteiger partial charge in [-0.1, -0.05) is 0 Å². The fourth-order valence-corrected chi connectivity index (χ4v) is 3.02. The van der Waals surface area contributed by atoms with Crippen LogP contribution in [-0.4, -0.2) is 8.42 Å². The smallest absolute Gasteiger partial charge is 0.261 e. The first-order valence-electron chi connectivity index (χ1n) is 5.43. The van der Waals surface area contributed by atoms with Crippen LogP contribution in [-0.2, 0) is 10.0 Å². The largest absolute Gasteiger partial charge is 0.280 e. The first-order chi connectivity index (χ1) is 8.88. The van der Waals surface area contributed by atoms with Gasteiger partial charge in [0, 0.05) is 9.26 Å². The highest BCUT2D eigenvalue weighted by molar-refractivity contribution is 14.1. The Bertz CT molecular complexity index is 699. The summed E-state index contributed by atoms with van der Waals surface area (Å²) in [6, 6.07) is 10.7. The van der Waals surface area contributed by atoms with E-state index in [-0.39, 0.29) is 4.90 Å². The summed E-state index contributed by atoms with van der Waals surface area (Å²) in [6.45, 7) is 1.53. The van der Waals surface area contributed by atoms with E-state index in [4.69, 9.17) is 0 Å². The predicted molar refractivity (Wildman–Crippen MR) is 81.1 cm³/mol. The van der Waals surface area contributed by atoms with Crippen molar-refractivity contribution in [2.45, 2.75) is 11.8 Å². The maximum Gasteiger partial charge on any atom is 0.261 e. The van der Waals surface area contributed by atoms with E-state index in [1.165, 1.54) is 19.1 Å². The molecule has 3 nitrogen and oxygen atoms in total. The molecule has 0 fully saturated rings. The average Bonchev–Trinajstić information content (AvgIpc) is 2.35. The molecule has 1 N–H and O–H groups in total. The number of sulfonamides is 1. The van der Waals surface area contributed by atoms with E-state index >= 15 is 0 Å². The Hall–Kier alpha value is -1.15. The van der Waals surface area contributed by atoms with E-state index in [9.17, 15) is 12.8 Å². The predicted octanol–water partition coefficient (Wildman–Crippen LogP) is 3.54. The molecule has 0 saturated carbocycles. The Morgan fingerprint density at radius 3 is 2.32 bits per heavy atom. The molecule has 0 radical (unpaired) electrons. The molecule has 100 valence electrons. The van der Waals surface area contributed by atoms with Crippen LogP contribution < -0.4 is 4.72 Å². The van der Waals surface area contributed by atoms with Gasteiger partial charge in [0.25, 0.3) is 10.0 Å². The van der Waals surface area contributed by atoms with Gasteiger partial charge in [0.1, 0.15) is 5.82 Å². The minimum absolute atomic E-state index is 0.0463. The molecule has 0 unspecified atom stereocenters. The monoisotopic (exact) mass is 391 g/mol. The van der Waals surface area contributed by atoms with Crippen molar-refractivity contribution in [1.82, 2.24) is 0 Å². The van der Waals surface area contributed by atoms with Crippen LogP contribution in [0.3, 0.4) is 0 Å². The van der Waals surface area contributed by atoms with Gasteiger partial charge in [-0.05, 0) is 77.5 Å². The van der Waals surface area contributed by atoms with Crippen molar-refractivity contribution in [3.05, 3.63) is 57.4 Å². The zero-order valence-electron chi connectivity index (χ0n) is 10.0. The highest BCUT2D eigenvalue weighted by Gasteiger charge is 2.15. The lowest BCUT2D eigenvalue weighted by Gasteiger charge is -2.09. The van der Waals surface area contributed by atoms with Crippen molar-refractivity contribution in [3.63, 3.8) is 0 Å². The van der Waals surface area contributed by atoms with Crippen LogP contribution in [0.4, 0.5) is 10.1 Å². The molecule has 2 aromatic carbocycles. The van der Waals surface area contributed by atoms with Crippen molar-refractivity contribution in [3.8, 4) is 0 Å². The molecule has 0 bridgehead atoms. The Kier molecular flexibility index (Phi) is 4.10. The molecule has 0 saturated heterocycles. The third kappa shape index (κ3) is 3.44. The van der Waals surface area contributed by atoms with E-state index in [2.05, 4.69) is 27.3 Å². The van der Waals surface area contributed by atoms with Gasteiger partial charge in [0.05, 0.1) is 4.90 Å². The maximum atomic E-state index is 13.1. The van der Waals surface area contributed by atoms with Crippen molar-refractivity contribution in [2.75, 3.05) is 4.72 Å². The van der Waals surface area contributed by atoms with Gasteiger partial charge in [-0.3, -0.25) is 4.72 Å². The number of hydrogen-bond donors (Lipinski definition) is 1. The number of aryl methyl sites for hydroxylation is 1. The normalized spacial score (nSPS) is 11.3. The van der Waals surface area contributed by atoms with Gasteiger partial charge in [0.15, 0.2) is 0 Å². The minimum Gasteiger partial charge on any atom is -0.280 e. The van der Waals surface area contributed by atoms with E-state index in [1.54, 1.807) is 24.3 Å². The molecule has 0 atom stereocenters. The number of anilines is 1. The Labute approximate surface area is 125 Å². The van der Waals surface area contributed by atoms with Gasteiger partial charge >= 0.3 is 0 Å². The lowest BCUT2D eigenvalue weighted by molar-refractivity contribution is 0.598. The zero-order valence-corrected chi connectivity index (χ0v) is 13.0. The topological polar surface area (TPSA) is 46.2 Å². The van der Waals surface area contributed by atoms with Crippen molar-refractivity contribution in [1.29, 1.82) is 0 Å². The third-order valence-electron chi connectivity index (χ3n) is 2.54. The molecule has 0 aliphatic carbocycles. The number of benzene rings is 2. The Morgan fingerprint density at radius 1 is 1.11 bits per heavy atom. The quantitative estimate of drug-likeness (QED) is 0.814. The summed E-state index contributed by atoms with van der Waals surface area (Å²) in [5.74, 6) is -0.423. The highest BCUT2D eigenvalue weighted by atomic mass is 127. The standard InChI is InChI=1S/C13H11FINO2S/c1-9-8-12(6-7-13(9)14)19(17,18)16-11-4-2-10(15)3-5-11/h2-8,16H,1H3. The molecular formula is C13H11FINO2S. The SMILES string of the molecule is Cc1cc(S(=O)(=O)Nc2ccc(I)cc2)ccc1F. The van der Waals surface area contributed by atoms with Crippen LogP contribution >= 0.6 is 22.6 Å². The summed E-state index contributed by atoms with van der Waals surface area (Å²) >= 11 is 2.13. The molecule has 6 heteroatoms. The number of nitrogens with one attached hydrogen (secondary N) is 1. The summed E-state index contributed by atoms with van der Waals surface area (Å²) in [5, 5.41) is 0. The Morgan fingerprint density at radius 2 is 1.74 bits per heavy atom. The summed E-state index contributed by atoms with van der Waals surface area (Å²) in [7, 11) is -3.68. The molecule has 0 spiro atoms. The molecule has 0 aromatic heterocycles. The first-order valence-corrected chi connectivity index (χ1v) is 7.99. The van der Waals surface area contributed by atoms with Gasteiger partial charge in [-0.25, -0.2) is 12.8 Å². The molecule has 0 aliphatic rings. The molecule has 2 aromatic rings. The van der Waals surface area contributed by atoms with Crippen LogP contribution in [0.2, 0.25) is 0 Å². The molecule has 0 heterocycles. The number of halogens is 2. The van der Waals surface area contributed by atoms with Gasteiger partial charge in [-0.2, -0.15) is 0 Å². The van der Waals surface area contributed by atoms with E-state index in [1.807, 2.05) is 0 Å². The average molecular weight is 391 g/mol. The molecule has 19 heavy (non-hydrogen) atoms. The first kappa shape index (κ1) is 14.3. The number of rotatable bonds is 3. The second kappa shape index (κ2) is 5.46. The second-order valence-electron chi connectivity index (χ2n) is 4.02. The molecule has 2 rings (SSSR count). The van der Waals surface area contributed by atoms with Gasteiger partial charge in [-0.15, -0.1) is 0 Å². The summed E-state index contributed by atoms with van der Waals surface area (Å²) < 4.78 is 40.8. The molecule has 0 amide bonds. The molecular weight excluding hydrogens is 380 g/mol.